The Morgan fingerprint density at radius 2 is 2.47 bits per heavy atom. The van der Waals surface area contributed by atoms with Gasteiger partial charge in [0.2, 0.25) is 0 Å². The number of amides is 1. The highest BCUT2D eigenvalue weighted by atomic mass is 16.3. The molecule has 15 heavy (non-hydrogen) atoms. The van der Waals surface area contributed by atoms with E-state index < -0.39 is 0 Å². The van der Waals surface area contributed by atoms with Gasteiger partial charge < -0.3 is 9.73 Å². The molecular weight excluding hydrogens is 194 g/mol. The molecule has 1 amide bonds. The summed E-state index contributed by atoms with van der Waals surface area (Å²) in [4.78, 5) is 11.6. The Kier molecular flexibility index (Phi) is 2.53. The zero-order valence-electron chi connectivity index (χ0n) is 8.28. The van der Waals surface area contributed by atoms with E-state index in [-0.39, 0.29) is 5.91 Å². The average molecular weight is 205 g/mol. The van der Waals surface area contributed by atoms with Gasteiger partial charge in [-0.25, -0.2) is 0 Å². The van der Waals surface area contributed by atoms with Gasteiger partial charge in [0, 0.05) is 12.6 Å². The minimum Gasteiger partial charge on any atom is -0.456 e. The van der Waals surface area contributed by atoms with Crippen molar-refractivity contribution < 1.29 is 9.21 Å². The van der Waals surface area contributed by atoms with Gasteiger partial charge in [0.05, 0.1) is 11.9 Å². The fourth-order valence-corrected chi connectivity index (χ4v) is 1.20. The number of aryl methyl sites for hydroxylation is 1. The van der Waals surface area contributed by atoms with E-state index in [1.165, 1.54) is 6.20 Å². The van der Waals surface area contributed by atoms with Gasteiger partial charge in [-0.15, -0.1) is 0 Å². The quantitative estimate of drug-likeness (QED) is 0.802. The number of H-pyrrole nitrogens is 1. The Hall–Kier alpha value is -2.04. The third-order valence-corrected chi connectivity index (χ3v) is 1.99. The molecule has 0 radical (unpaired) electrons. The van der Waals surface area contributed by atoms with Gasteiger partial charge >= 0.3 is 0 Å². The van der Waals surface area contributed by atoms with Gasteiger partial charge in [0.15, 0.2) is 5.76 Å². The molecule has 2 N–H and O–H groups in total. The second kappa shape index (κ2) is 4.00. The lowest BCUT2D eigenvalue weighted by Gasteiger charge is -1.97. The number of furan rings is 1. The van der Waals surface area contributed by atoms with E-state index in [9.17, 15) is 4.79 Å². The maximum absolute atomic E-state index is 11.6. The van der Waals surface area contributed by atoms with Crippen molar-refractivity contribution in [2.75, 3.05) is 5.32 Å². The molecular formula is C10H11N3O2. The van der Waals surface area contributed by atoms with E-state index >= 15 is 0 Å². The molecule has 2 heterocycles. The summed E-state index contributed by atoms with van der Waals surface area (Å²) in [6.07, 6.45) is 3.90. The third kappa shape index (κ3) is 2.07. The Morgan fingerprint density at radius 1 is 1.60 bits per heavy atom. The van der Waals surface area contributed by atoms with Gasteiger partial charge in [0.1, 0.15) is 5.76 Å². The van der Waals surface area contributed by atoms with Crippen molar-refractivity contribution in [3.63, 3.8) is 0 Å². The number of carbonyl (C=O) groups excluding carboxylic acids is 1. The molecule has 5 nitrogen and oxygen atoms in total. The second-order valence-electron chi connectivity index (χ2n) is 3.06. The number of nitrogens with zero attached hydrogens (tertiary/aromatic N) is 1. The molecule has 0 atom stereocenters. The second-order valence-corrected chi connectivity index (χ2v) is 3.06. The van der Waals surface area contributed by atoms with Crippen molar-refractivity contribution in [2.45, 2.75) is 13.3 Å². The number of nitrogens with one attached hydrogen (secondary N) is 2. The summed E-state index contributed by atoms with van der Waals surface area (Å²) < 4.78 is 5.30. The van der Waals surface area contributed by atoms with Crippen LogP contribution in [0, 0.1) is 0 Å². The summed E-state index contributed by atoms with van der Waals surface area (Å²) in [7, 11) is 0. The average Bonchev–Trinajstić information content (AvgIpc) is 2.86. The standard InChI is InChI=1S/C10H11N3O2/c1-2-8-3-4-9(15-8)10(14)13-7-5-11-12-6-7/h3-6H,2H2,1H3,(H,11,12)(H,13,14). The fourth-order valence-electron chi connectivity index (χ4n) is 1.20. The highest BCUT2D eigenvalue weighted by molar-refractivity contribution is 6.02. The maximum Gasteiger partial charge on any atom is 0.291 e. The molecule has 0 saturated heterocycles. The highest BCUT2D eigenvalue weighted by Crippen LogP contribution is 2.11. The molecule has 0 aliphatic heterocycles. The predicted octanol–water partition coefficient (Wildman–Crippen LogP) is 1.82. The van der Waals surface area contributed by atoms with Crippen LogP contribution in [0.4, 0.5) is 5.69 Å². The number of rotatable bonds is 3. The monoisotopic (exact) mass is 205 g/mol. The molecule has 0 aliphatic carbocycles. The lowest BCUT2D eigenvalue weighted by Crippen LogP contribution is -2.10. The summed E-state index contributed by atoms with van der Waals surface area (Å²) in [6, 6.07) is 3.46. The molecule has 5 heteroatoms. The molecule has 2 aromatic rings. The van der Waals surface area contributed by atoms with Crippen LogP contribution in [0.3, 0.4) is 0 Å². The van der Waals surface area contributed by atoms with Gasteiger partial charge in [-0.2, -0.15) is 5.10 Å². The first kappa shape index (κ1) is 9.51. The zero-order chi connectivity index (χ0) is 10.7. The maximum atomic E-state index is 11.6. The number of carbonyl (C=O) groups is 1. The van der Waals surface area contributed by atoms with Crippen molar-refractivity contribution in [1.82, 2.24) is 10.2 Å². The minimum atomic E-state index is -0.267. The van der Waals surface area contributed by atoms with Crippen LogP contribution in [0.5, 0.6) is 0 Å². The largest absolute Gasteiger partial charge is 0.456 e. The minimum absolute atomic E-state index is 0.267. The van der Waals surface area contributed by atoms with Crippen molar-refractivity contribution in [2.24, 2.45) is 0 Å². The van der Waals surface area contributed by atoms with Crippen LogP contribution >= 0.6 is 0 Å². The molecule has 78 valence electrons. The molecule has 0 bridgehead atoms. The Labute approximate surface area is 86.5 Å². The summed E-state index contributed by atoms with van der Waals surface area (Å²) in [5.41, 5.74) is 0.620. The molecule has 2 aromatic heterocycles. The van der Waals surface area contributed by atoms with Crippen LogP contribution < -0.4 is 5.32 Å². The molecule has 0 fully saturated rings. The zero-order valence-corrected chi connectivity index (χ0v) is 8.28. The lowest BCUT2D eigenvalue weighted by molar-refractivity contribution is 0.0995. The Morgan fingerprint density at radius 3 is 3.07 bits per heavy atom. The molecule has 0 aliphatic rings. The first-order valence-electron chi connectivity index (χ1n) is 4.68. The van der Waals surface area contributed by atoms with Crippen LogP contribution in [0.2, 0.25) is 0 Å². The van der Waals surface area contributed by atoms with Crippen LogP contribution in [0.1, 0.15) is 23.2 Å². The lowest BCUT2D eigenvalue weighted by atomic mass is 10.3. The smallest absolute Gasteiger partial charge is 0.291 e. The van der Waals surface area contributed by atoms with Gasteiger partial charge in [-0.3, -0.25) is 9.89 Å². The van der Waals surface area contributed by atoms with Gasteiger partial charge in [-0.1, -0.05) is 6.92 Å². The normalized spacial score (nSPS) is 10.2. The first-order valence-corrected chi connectivity index (χ1v) is 4.68. The van der Waals surface area contributed by atoms with Crippen molar-refractivity contribution >= 4 is 11.6 Å². The number of aromatic amines is 1. The summed E-state index contributed by atoms with van der Waals surface area (Å²) in [5, 5.41) is 8.98. The van der Waals surface area contributed by atoms with E-state index in [4.69, 9.17) is 4.42 Å². The van der Waals surface area contributed by atoms with Gasteiger partial charge in [-0.05, 0) is 12.1 Å². The number of hydrogen-bond donors (Lipinski definition) is 2. The Balaban J connectivity index is 2.08. The topological polar surface area (TPSA) is 70.9 Å². The van der Waals surface area contributed by atoms with Crippen LogP contribution in [-0.4, -0.2) is 16.1 Å². The number of aromatic nitrogens is 2. The number of anilines is 1. The first-order chi connectivity index (χ1) is 7.29. The van der Waals surface area contributed by atoms with Crippen LogP contribution in [-0.2, 0) is 6.42 Å². The van der Waals surface area contributed by atoms with Crippen molar-refractivity contribution in [3.05, 3.63) is 36.0 Å². The molecule has 0 spiro atoms. The molecule has 2 rings (SSSR count). The summed E-state index contributed by atoms with van der Waals surface area (Å²) >= 11 is 0. The van der Waals surface area contributed by atoms with Crippen LogP contribution in [0.25, 0.3) is 0 Å². The molecule has 0 aromatic carbocycles. The van der Waals surface area contributed by atoms with Gasteiger partial charge in [0.25, 0.3) is 5.91 Å². The van der Waals surface area contributed by atoms with Crippen molar-refractivity contribution in [1.29, 1.82) is 0 Å². The van der Waals surface area contributed by atoms with E-state index in [0.29, 0.717) is 11.4 Å². The summed E-state index contributed by atoms with van der Waals surface area (Å²) in [5.74, 6) is 0.844. The SMILES string of the molecule is CCc1ccc(C(=O)Nc2cn[nH]c2)o1. The fraction of sp³-hybridized carbons (Fsp3) is 0.200. The van der Waals surface area contributed by atoms with E-state index in [1.807, 2.05) is 6.92 Å². The number of hydrogen-bond acceptors (Lipinski definition) is 3. The Bertz CT molecular complexity index is 445. The molecule has 0 unspecified atom stereocenters. The summed E-state index contributed by atoms with van der Waals surface area (Å²) in [6.45, 7) is 1.97. The van der Waals surface area contributed by atoms with Crippen molar-refractivity contribution in [3.8, 4) is 0 Å². The molecule has 0 saturated carbocycles. The highest BCUT2D eigenvalue weighted by Gasteiger charge is 2.10. The van der Waals surface area contributed by atoms with Crippen LogP contribution in [0.15, 0.2) is 28.9 Å². The third-order valence-electron chi connectivity index (χ3n) is 1.99. The van der Waals surface area contributed by atoms with E-state index in [2.05, 4.69) is 15.5 Å². The predicted molar refractivity (Wildman–Crippen MR) is 54.6 cm³/mol. The van der Waals surface area contributed by atoms with E-state index in [1.54, 1.807) is 18.3 Å². The van der Waals surface area contributed by atoms with E-state index in [0.717, 1.165) is 12.2 Å².